The summed E-state index contributed by atoms with van der Waals surface area (Å²) >= 11 is 1.79. The van der Waals surface area contributed by atoms with E-state index in [1.54, 1.807) is 11.8 Å². The van der Waals surface area contributed by atoms with Crippen molar-refractivity contribution in [1.29, 1.82) is 5.26 Å². The van der Waals surface area contributed by atoms with Gasteiger partial charge in [-0.2, -0.15) is 5.26 Å². The number of nitrogens with zero attached hydrogens (tertiary/aromatic N) is 3. The first kappa shape index (κ1) is 8.64. The van der Waals surface area contributed by atoms with Crippen molar-refractivity contribution in [1.82, 2.24) is 9.55 Å². The highest BCUT2D eigenvalue weighted by Gasteiger charge is 2.16. The summed E-state index contributed by atoms with van der Waals surface area (Å²) in [6, 6.07) is 2.15. The molecule has 0 atom stereocenters. The largest absolute Gasteiger partial charge is 0.323 e. The van der Waals surface area contributed by atoms with Gasteiger partial charge in [-0.1, -0.05) is 11.8 Å². The van der Waals surface area contributed by atoms with Gasteiger partial charge in [0.05, 0.1) is 18.2 Å². The smallest absolute Gasteiger partial charge is 0.168 e. The summed E-state index contributed by atoms with van der Waals surface area (Å²) in [4.78, 5) is 4.44. The maximum atomic E-state index is 8.60. The number of nitriles is 1. The minimum Gasteiger partial charge on any atom is -0.323 e. The Morgan fingerprint density at radius 2 is 2.54 bits per heavy atom. The number of hydrogen-bond donors (Lipinski definition) is 0. The van der Waals surface area contributed by atoms with Crippen LogP contribution in [-0.4, -0.2) is 15.3 Å². The molecule has 4 heteroatoms. The molecule has 0 amide bonds. The molecule has 1 aromatic heterocycles. The summed E-state index contributed by atoms with van der Waals surface area (Å²) in [6.07, 6.45) is 1.65. The minimum absolute atomic E-state index is 0.437. The summed E-state index contributed by atoms with van der Waals surface area (Å²) in [5.74, 6) is 1.16. The number of aromatic nitrogens is 2. The van der Waals surface area contributed by atoms with Gasteiger partial charge in [0.2, 0.25) is 0 Å². The van der Waals surface area contributed by atoms with Gasteiger partial charge in [-0.25, -0.2) is 4.98 Å². The van der Waals surface area contributed by atoms with E-state index in [0.29, 0.717) is 6.42 Å². The van der Waals surface area contributed by atoms with E-state index < -0.39 is 0 Å². The van der Waals surface area contributed by atoms with Crippen LogP contribution in [0.1, 0.15) is 17.8 Å². The monoisotopic (exact) mass is 193 g/mol. The van der Waals surface area contributed by atoms with E-state index in [4.69, 9.17) is 5.26 Å². The average molecular weight is 193 g/mol. The van der Waals surface area contributed by atoms with E-state index in [-0.39, 0.29) is 0 Å². The van der Waals surface area contributed by atoms with Gasteiger partial charge in [0.25, 0.3) is 0 Å². The van der Waals surface area contributed by atoms with Gasteiger partial charge in [-0.05, 0) is 13.3 Å². The quantitative estimate of drug-likeness (QED) is 0.682. The fraction of sp³-hybridized carbons (Fsp3) is 0.556. The molecule has 0 saturated heterocycles. The second-order valence-corrected chi connectivity index (χ2v) is 4.18. The number of rotatable bonds is 1. The molecule has 3 nitrogen and oxygen atoms in total. The molecule has 1 aliphatic heterocycles. The van der Waals surface area contributed by atoms with Gasteiger partial charge >= 0.3 is 0 Å². The standard InChI is InChI=1S/C9H11N3S/c1-7-8(3-4-10)11-9-12(7)5-2-6-13-9/h2-3,5-6H2,1H3. The van der Waals surface area contributed by atoms with Crippen molar-refractivity contribution in [3.63, 3.8) is 0 Å². The summed E-state index contributed by atoms with van der Waals surface area (Å²) in [6.45, 7) is 3.11. The van der Waals surface area contributed by atoms with Crippen LogP contribution >= 0.6 is 11.8 Å². The molecule has 0 aromatic carbocycles. The van der Waals surface area contributed by atoms with Crippen molar-refractivity contribution < 1.29 is 0 Å². The first-order valence-electron chi connectivity index (χ1n) is 4.38. The Labute approximate surface area is 81.8 Å². The molecule has 0 unspecified atom stereocenters. The molecular formula is C9H11N3S. The molecule has 1 aromatic rings. The summed E-state index contributed by atoms with van der Waals surface area (Å²) < 4.78 is 2.22. The van der Waals surface area contributed by atoms with Gasteiger partial charge in [-0.3, -0.25) is 0 Å². The highest BCUT2D eigenvalue weighted by atomic mass is 32.2. The van der Waals surface area contributed by atoms with Crippen LogP contribution in [0.4, 0.5) is 0 Å². The summed E-state index contributed by atoms with van der Waals surface area (Å²) in [5.41, 5.74) is 2.12. The van der Waals surface area contributed by atoms with Gasteiger partial charge in [-0.15, -0.1) is 0 Å². The summed E-state index contributed by atoms with van der Waals surface area (Å²) in [5, 5.41) is 9.69. The number of fused-ring (bicyclic) bond motifs is 1. The molecule has 2 heterocycles. The molecule has 0 fully saturated rings. The Bertz CT molecular complexity index is 362. The van der Waals surface area contributed by atoms with Crippen molar-refractivity contribution in [3.8, 4) is 6.07 Å². The van der Waals surface area contributed by atoms with Crippen LogP contribution in [0.2, 0.25) is 0 Å². The van der Waals surface area contributed by atoms with E-state index in [1.807, 2.05) is 0 Å². The van der Waals surface area contributed by atoms with Gasteiger partial charge in [0.1, 0.15) is 0 Å². The molecular weight excluding hydrogens is 182 g/mol. The van der Waals surface area contributed by atoms with Crippen molar-refractivity contribution in [2.45, 2.75) is 31.5 Å². The Hall–Kier alpha value is -0.950. The van der Waals surface area contributed by atoms with Gasteiger partial charge < -0.3 is 4.57 Å². The van der Waals surface area contributed by atoms with Crippen molar-refractivity contribution in [2.24, 2.45) is 0 Å². The molecule has 0 N–H and O–H groups in total. The van der Waals surface area contributed by atoms with Crippen molar-refractivity contribution >= 4 is 11.8 Å². The molecule has 13 heavy (non-hydrogen) atoms. The minimum atomic E-state index is 0.437. The first-order chi connectivity index (χ1) is 6.33. The fourth-order valence-electron chi connectivity index (χ4n) is 1.56. The third-order valence-electron chi connectivity index (χ3n) is 2.29. The molecule has 0 radical (unpaired) electrons. The van der Waals surface area contributed by atoms with Crippen LogP contribution in [-0.2, 0) is 13.0 Å². The maximum absolute atomic E-state index is 8.60. The van der Waals surface area contributed by atoms with E-state index in [1.165, 1.54) is 12.1 Å². The Kier molecular flexibility index (Phi) is 2.28. The summed E-state index contributed by atoms with van der Waals surface area (Å²) in [7, 11) is 0. The van der Waals surface area contributed by atoms with Crippen LogP contribution in [0.15, 0.2) is 5.16 Å². The molecule has 1 aliphatic rings. The third-order valence-corrected chi connectivity index (χ3v) is 3.35. The van der Waals surface area contributed by atoms with E-state index >= 15 is 0 Å². The highest BCUT2D eigenvalue weighted by Crippen LogP contribution is 2.26. The van der Waals surface area contributed by atoms with Crippen LogP contribution in [0.25, 0.3) is 0 Å². The van der Waals surface area contributed by atoms with E-state index in [0.717, 1.165) is 23.1 Å². The number of hydrogen-bond acceptors (Lipinski definition) is 3. The second-order valence-electron chi connectivity index (χ2n) is 3.12. The lowest BCUT2D eigenvalue weighted by Crippen LogP contribution is -2.08. The van der Waals surface area contributed by atoms with Crippen LogP contribution in [0.3, 0.4) is 0 Å². The molecule has 0 saturated carbocycles. The highest BCUT2D eigenvalue weighted by molar-refractivity contribution is 7.99. The van der Waals surface area contributed by atoms with Gasteiger partial charge in [0.15, 0.2) is 5.16 Å². The Balaban J connectivity index is 2.40. The van der Waals surface area contributed by atoms with E-state index in [9.17, 15) is 0 Å². The Morgan fingerprint density at radius 1 is 1.69 bits per heavy atom. The Morgan fingerprint density at radius 3 is 3.23 bits per heavy atom. The molecule has 0 spiro atoms. The van der Waals surface area contributed by atoms with Gasteiger partial charge in [0, 0.05) is 18.0 Å². The van der Waals surface area contributed by atoms with Crippen LogP contribution in [0.5, 0.6) is 0 Å². The maximum Gasteiger partial charge on any atom is 0.168 e. The molecule has 2 rings (SSSR count). The van der Waals surface area contributed by atoms with Crippen LogP contribution < -0.4 is 0 Å². The zero-order valence-corrected chi connectivity index (χ0v) is 8.39. The predicted molar refractivity (Wildman–Crippen MR) is 51.6 cm³/mol. The SMILES string of the molecule is Cc1c(CC#N)nc2n1CCCS2. The lowest BCUT2D eigenvalue weighted by Gasteiger charge is -2.13. The average Bonchev–Trinajstić information content (AvgIpc) is 2.46. The second kappa shape index (κ2) is 3.43. The van der Waals surface area contributed by atoms with Crippen molar-refractivity contribution in [2.75, 3.05) is 5.75 Å². The predicted octanol–water partition coefficient (Wildman–Crippen LogP) is 1.75. The van der Waals surface area contributed by atoms with Crippen LogP contribution in [0, 0.1) is 18.3 Å². The molecule has 68 valence electrons. The zero-order valence-electron chi connectivity index (χ0n) is 7.58. The molecule has 0 bridgehead atoms. The van der Waals surface area contributed by atoms with Crippen molar-refractivity contribution in [3.05, 3.63) is 11.4 Å². The van der Waals surface area contributed by atoms with E-state index in [2.05, 4.69) is 22.5 Å². The lowest BCUT2D eigenvalue weighted by molar-refractivity contribution is 0.593. The number of thioether (sulfide) groups is 1. The first-order valence-corrected chi connectivity index (χ1v) is 5.37. The topological polar surface area (TPSA) is 41.6 Å². The molecule has 0 aliphatic carbocycles. The lowest BCUT2D eigenvalue weighted by atomic mass is 10.3. The third kappa shape index (κ3) is 1.44. The fourth-order valence-corrected chi connectivity index (χ4v) is 2.57. The zero-order chi connectivity index (χ0) is 9.26. The normalized spacial score (nSPS) is 15.1. The number of imidazole rings is 1.